The maximum absolute atomic E-state index is 12.7. The number of benzene rings is 2. The minimum atomic E-state index is -0.492. The van der Waals surface area contributed by atoms with Crippen molar-refractivity contribution in [2.45, 2.75) is 24.3 Å². The highest BCUT2D eigenvalue weighted by molar-refractivity contribution is 8.00. The predicted octanol–water partition coefficient (Wildman–Crippen LogP) is 4.12. The number of carbonyl (C=O) groups excluding carboxylic acids is 1. The standard InChI is InChI=1S/C20H17N7O3S2/c1-12-6-3-4-9-17(12)26-20(23-24-25-26)32-13(2)18(28)22-19-21-16(11-31-19)14-7-5-8-15(10-14)27(29)30/h3-11,13H,1-2H3,(H,21,22,28)/t13-/m0/s1. The first-order valence-electron chi connectivity index (χ1n) is 9.44. The number of rotatable bonds is 7. The van der Waals surface area contributed by atoms with Crippen molar-refractivity contribution in [3.63, 3.8) is 0 Å². The maximum atomic E-state index is 12.7. The third kappa shape index (κ3) is 4.65. The Hall–Kier alpha value is -3.64. The number of aryl methyl sites for hydroxylation is 1. The van der Waals surface area contributed by atoms with Crippen molar-refractivity contribution in [2.24, 2.45) is 0 Å². The lowest BCUT2D eigenvalue weighted by atomic mass is 10.1. The van der Waals surface area contributed by atoms with Gasteiger partial charge in [-0.15, -0.1) is 16.4 Å². The number of aromatic nitrogens is 5. The molecule has 0 spiro atoms. The number of thioether (sulfide) groups is 1. The van der Waals surface area contributed by atoms with E-state index < -0.39 is 10.2 Å². The number of para-hydroxylation sites is 1. The van der Waals surface area contributed by atoms with E-state index >= 15 is 0 Å². The van der Waals surface area contributed by atoms with E-state index in [-0.39, 0.29) is 11.6 Å². The first-order chi connectivity index (χ1) is 15.4. The Morgan fingerprint density at radius 2 is 2.06 bits per heavy atom. The van der Waals surface area contributed by atoms with Gasteiger partial charge < -0.3 is 5.32 Å². The van der Waals surface area contributed by atoms with Gasteiger partial charge in [0, 0.05) is 23.1 Å². The second-order valence-corrected chi connectivity index (χ2v) is 8.92. The highest BCUT2D eigenvalue weighted by Crippen LogP contribution is 2.29. The summed E-state index contributed by atoms with van der Waals surface area (Å²) in [7, 11) is 0. The Labute approximate surface area is 190 Å². The Bertz CT molecular complexity index is 1290. The van der Waals surface area contributed by atoms with E-state index in [0.717, 1.165) is 11.3 Å². The fourth-order valence-electron chi connectivity index (χ4n) is 2.87. The van der Waals surface area contributed by atoms with Gasteiger partial charge in [0.2, 0.25) is 11.1 Å². The number of thiazole rings is 1. The lowest BCUT2D eigenvalue weighted by molar-refractivity contribution is -0.384. The molecule has 12 heteroatoms. The van der Waals surface area contributed by atoms with Gasteiger partial charge in [-0.3, -0.25) is 14.9 Å². The molecule has 162 valence electrons. The molecular weight excluding hydrogens is 450 g/mol. The number of non-ortho nitro benzene ring substituents is 1. The molecule has 1 N–H and O–H groups in total. The van der Waals surface area contributed by atoms with Crippen LogP contribution in [0.5, 0.6) is 0 Å². The molecule has 10 nitrogen and oxygen atoms in total. The molecular formula is C20H17N7O3S2. The lowest BCUT2D eigenvalue weighted by Gasteiger charge is -2.11. The van der Waals surface area contributed by atoms with Gasteiger partial charge in [-0.1, -0.05) is 42.1 Å². The van der Waals surface area contributed by atoms with Gasteiger partial charge in [-0.2, -0.15) is 4.68 Å². The molecule has 0 fully saturated rings. The first-order valence-corrected chi connectivity index (χ1v) is 11.2. The highest BCUT2D eigenvalue weighted by Gasteiger charge is 2.21. The molecule has 32 heavy (non-hydrogen) atoms. The van der Waals surface area contributed by atoms with Crippen LogP contribution >= 0.6 is 23.1 Å². The molecule has 0 aliphatic rings. The topological polar surface area (TPSA) is 129 Å². The Morgan fingerprint density at radius 3 is 2.84 bits per heavy atom. The summed E-state index contributed by atoms with van der Waals surface area (Å²) in [5.74, 6) is -0.255. The molecule has 0 radical (unpaired) electrons. The van der Waals surface area contributed by atoms with E-state index in [4.69, 9.17) is 0 Å². The van der Waals surface area contributed by atoms with E-state index in [1.807, 2.05) is 31.2 Å². The number of tetrazole rings is 1. The number of amides is 1. The molecule has 0 saturated heterocycles. The van der Waals surface area contributed by atoms with Crippen LogP contribution < -0.4 is 5.32 Å². The van der Waals surface area contributed by atoms with Crippen LogP contribution in [-0.4, -0.2) is 41.3 Å². The fraction of sp³-hybridized carbons (Fsp3) is 0.150. The molecule has 0 bridgehead atoms. The molecule has 0 saturated carbocycles. The van der Waals surface area contributed by atoms with E-state index in [9.17, 15) is 14.9 Å². The molecule has 0 unspecified atom stereocenters. The number of hydrogen-bond acceptors (Lipinski definition) is 9. The van der Waals surface area contributed by atoms with E-state index in [1.165, 1.54) is 35.2 Å². The van der Waals surface area contributed by atoms with Crippen molar-refractivity contribution in [1.82, 2.24) is 25.2 Å². The number of anilines is 1. The number of nitrogens with zero attached hydrogens (tertiary/aromatic N) is 6. The average molecular weight is 468 g/mol. The van der Waals surface area contributed by atoms with Gasteiger partial charge in [-0.25, -0.2) is 4.98 Å². The van der Waals surface area contributed by atoms with Crippen LogP contribution in [0.2, 0.25) is 0 Å². The zero-order valence-electron chi connectivity index (χ0n) is 17.0. The van der Waals surface area contributed by atoms with Crippen molar-refractivity contribution < 1.29 is 9.72 Å². The van der Waals surface area contributed by atoms with E-state index in [1.54, 1.807) is 29.1 Å². The van der Waals surface area contributed by atoms with Crippen LogP contribution in [0.15, 0.2) is 59.1 Å². The number of hydrogen-bond donors (Lipinski definition) is 1. The smallest absolute Gasteiger partial charge is 0.270 e. The van der Waals surface area contributed by atoms with Crippen molar-refractivity contribution in [2.75, 3.05) is 5.32 Å². The summed E-state index contributed by atoms with van der Waals surface area (Å²) in [5, 5.41) is 27.8. The van der Waals surface area contributed by atoms with Crippen molar-refractivity contribution >= 4 is 39.8 Å². The van der Waals surface area contributed by atoms with Gasteiger partial charge in [-0.05, 0) is 35.9 Å². The second kappa shape index (κ2) is 9.24. The van der Waals surface area contributed by atoms with E-state index in [2.05, 4.69) is 25.8 Å². The molecule has 4 aromatic rings. The van der Waals surface area contributed by atoms with Gasteiger partial charge in [0.15, 0.2) is 5.13 Å². The minimum Gasteiger partial charge on any atom is -0.301 e. The SMILES string of the molecule is Cc1ccccc1-n1nnnc1S[C@@H](C)C(=O)Nc1nc(-c2cccc([N+](=O)[O-])c2)cs1. The minimum absolute atomic E-state index is 0.0162. The Morgan fingerprint density at radius 1 is 1.25 bits per heavy atom. The van der Waals surface area contributed by atoms with Crippen LogP contribution in [0.4, 0.5) is 10.8 Å². The van der Waals surface area contributed by atoms with Crippen LogP contribution in [0.25, 0.3) is 16.9 Å². The largest absolute Gasteiger partial charge is 0.301 e. The zero-order chi connectivity index (χ0) is 22.7. The number of nitro benzene ring substituents is 1. The lowest BCUT2D eigenvalue weighted by Crippen LogP contribution is -2.22. The summed E-state index contributed by atoms with van der Waals surface area (Å²) >= 11 is 2.48. The monoisotopic (exact) mass is 467 g/mol. The van der Waals surface area contributed by atoms with Gasteiger partial charge in [0.05, 0.1) is 21.6 Å². The average Bonchev–Trinajstić information content (AvgIpc) is 3.44. The number of carbonyl (C=O) groups is 1. The van der Waals surface area contributed by atoms with Gasteiger partial charge in [0.25, 0.3) is 5.69 Å². The molecule has 2 aromatic carbocycles. The predicted molar refractivity (Wildman–Crippen MR) is 122 cm³/mol. The van der Waals surface area contributed by atoms with Crippen molar-refractivity contribution in [3.05, 3.63) is 69.6 Å². The number of nitro groups is 1. The Balaban J connectivity index is 1.45. The zero-order valence-corrected chi connectivity index (χ0v) is 18.6. The first kappa shape index (κ1) is 21.6. The molecule has 1 amide bonds. The Kier molecular flexibility index (Phi) is 6.23. The van der Waals surface area contributed by atoms with Crippen LogP contribution in [-0.2, 0) is 4.79 Å². The molecule has 2 heterocycles. The third-order valence-corrected chi connectivity index (χ3v) is 6.31. The molecule has 1 atom stereocenters. The van der Waals surface area contributed by atoms with Gasteiger partial charge in [0.1, 0.15) is 0 Å². The van der Waals surface area contributed by atoms with E-state index in [0.29, 0.717) is 21.5 Å². The summed E-state index contributed by atoms with van der Waals surface area (Å²) in [6.45, 7) is 3.72. The maximum Gasteiger partial charge on any atom is 0.270 e. The quantitative estimate of drug-likeness (QED) is 0.244. The van der Waals surface area contributed by atoms with Crippen LogP contribution in [0, 0.1) is 17.0 Å². The molecule has 2 aromatic heterocycles. The number of nitrogens with one attached hydrogen (secondary N) is 1. The summed E-state index contributed by atoms with van der Waals surface area (Å²) in [5.41, 5.74) is 3.00. The summed E-state index contributed by atoms with van der Waals surface area (Å²) in [6.07, 6.45) is 0. The molecule has 0 aliphatic heterocycles. The highest BCUT2D eigenvalue weighted by atomic mass is 32.2. The van der Waals surface area contributed by atoms with Crippen molar-refractivity contribution in [1.29, 1.82) is 0 Å². The summed E-state index contributed by atoms with van der Waals surface area (Å²) < 4.78 is 1.60. The molecule has 4 rings (SSSR count). The summed E-state index contributed by atoms with van der Waals surface area (Å²) in [6, 6.07) is 13.9. The molecule has 0 aliphatic carbocycles. The third-order valence-electron chi connectivity index (χ3n) is 4.52. The van der Waals surface area contributed by atoms with Crippen molar-refractivity contribution in [3.8, 4) is 16.9 Å². The van der Waals surface area contributed by atoms with Gasteiger partial charge >= 0.3 is 0 Å². The van der Waals surface area contributed by atoms with Crippen LogP contribution in [0.3, 0.4) is 0 Å². The fourth-order valence-corrected chi connectivity index (χ4v) is 4.39. The normalized spacial score (nSPS) is 11.8. The summed E-state index contributed by atoms with van der Waals surface area (Å²) in [4.78, 5) is 27.6. The van der Waals surface area contributed by atoms with Crippen LogP contribution in [0.1, 0.15) is 12.5 Å². The second-order valence-electron chi connectivity index (χ2n) is 6.75.